The first kappa shape index (κ1) is 12.5. The molecule has 0 aliphatic carbocycles. The van der Waals surface area contributed by atoms with E-state index in [1.165, 1.54) is 0 Å². The molecule has 1 aromatic rings. The van der Waals surface area contributed by atoms with Gasteiger partial charge in [-0.05, 0) is 18.9 Å². The average molecular weight is 271 g/mol. The molecule has 2 aliphatic heterocycles. The summed E-state index contributed by atoms with van der Waals surface area (Å²) in [5, 5.41) is 0. The molecule has 0 aromatic carbocycles. The molecule has 0 spiro atoms. The molecule has 1 aromatic heterocycles. The molecule has 0 N–H and O–H groups in total. The van der Waals surface area contributed by atoms with Crippen LogP contribution in [0.5, 0.6) is 0 Å². The summed E-state index contributed by atoms with van der Waals surface area (Å²) >= 11 is 0. The smallest absolute Gasteiger partial charge is 0.298 e. The summed E-state index contributed by atoms with van der Waals surface area (Å²) in [7, 11) is 0. The topological polar surface area (TPSA) is 46.1 Å². The van der Waals surface area contributed by atoms with Crippen LogP contribution < -0.4 is 0 Å². The van der Waals surface area contributed by atoms with Crippen LogP contribution in [0.15, 0.2) is 12.4 Å². The molecule has 3 rings (SSSR count). The Hall–Kier alpha value is -1.50. The first-order valence-corrected chi connectivity index (χ1v) is 6.10. The minimum atomic E-state index is -4.42. The van der Waals surface area contributed by atoms with Gasteiger partial charge in [-0.1, -0.05) is 0 Å². The van der Waals surface area contributed by atoms with E-state index in [4.69, 9.17) is 0 Å². The Bertz CT molecular complexity index is 484. The maximum Gasteiger partial charge on any atom is 0.419 e. The second-order valence-electron chi connectivity index (χ2n) is 5.03. The van der Waals surface area contributed by atoms with Crippen LogP contribution in [0.25, 0.3) is 0 Å². The fourth-order valence-corrected chi connectivity index (χ4v) is 2.91. The first-order valence-electron chi connectivity index (χ1n) is 6.10. The lowest BCUT2D eigenvalue weighted by atomic mass is 9.91. The zero-order valence-corrected chi connectivity index (χ0v) is 10.0. The van der Waals surface area contributed by atoms with Crippen molar-refractivity contribution in [3.8, 4) is 0 Å². The zero-order valence-electron chi connectivity index (χ0n) is 10.0. The van der Waals surface area contributed by atoms with Crippen LogP contribution in [0.3, 0.4) is 0 Å². The summed E-state index contributed by atoms with van der Waals surface area (Å²) in [5.74, 6) is 0.714. The molecule has 2 saturated heterocycles. The van der Waals surface area contributed by atoms with Crippen molar-refractivity contribution in [1.82, 2.24) is 14.9 Å². The second-order valence-corrected chi connectivity index (χ2v) is 5.03. The highest BCUT2D eigenvalue weighted by Crippen LogP contribution is 2.41. The van der Waals surface area contributed by atoms with E-state index in [1.807, 2.05) is 4.90 Å². The van der Waals surface area contributed by atoms with Gasteiger partial charge in [-0.15, -0.1) is 0 Å². The van der Waals surface area contributed by atoms with E-state index >= 15 is 0 Å². The molecule has 0 saturated carbocycles. The molecule has 7 heteroatoms. The van der Waals surface area contributed by atoms with E-state index in [9.17, 15) is 18.0 Å². The van der Waals surface area contributed by atoms with Crippen LogP contribution in [0.4, 0.5) is 13.2 Å². The number of hydrogen-bond donors (Lipinski definition) is 0. The van der Waals surface area contributed by atoms with Crippen molar-refractivity contribution in [2.45, 2.75) is 25.1 Å². The van der Waals surface area contributed by atoms with Gasteiger partial charge in [0.1, 0.15) is 11.6 Å². The number of ketones is 1. The van der Waals surface area contributed by atoms with Crippen LogP contribution >= 0.6 is 0 Å². The minimum absolute atomic E-state index is 0.111. The highest BCUT2D eigenvalue weighted by molar-refractivity contribution is 5.82. The Morgan fingerprint density at radius 3 is 2.53 bits per heavy atom. The fourth-order valence-electron chi connectivity index (χ4n) is 2.91. The maximum absolute atomic E-state index is 12.4. The van der Waals surface area contributed by atoms with Crippen LogP contribution in [0.1, 0.15) is 30.3 Å². The predicted molar refractivity (Wildman–Crippen MR) is 59.1 cm³/mol. The van der Waals surface area contributed by atoms with Gasteiger partial charge in [0.05, 0.1) is 18.2 Å². The van der Waals surface area contributed by atoms with Gasteiger partial charge in [-0.2, -0.15) is 13.2 Å². The first-order chi connectivity index (χ1) is 8.95. The number of rotatable bonds is 1. The number of carbonyl (C=O) groups is 1. The Kier molecular flexibility index (Phi) is 2.81. The van der Waals surface area contributed by atoms with Crippen LogP contribution in [-0.4, -0.2) is 33.7 Å². The van der Waals surface area contributed by atoms with Gasteiger partial charge in [0, 0.05) is 18.8 Å². The van der Waals surface area contributed by atoms with Crippen LogP contribution in [0, 0.1) is 5.92 Å². The van der Waals surface area contributed by atoms with Gasteiger partial charge in [0.25, 0.3) is 0 Å². The van der Waals surface area contributed by atoms with Crippen LogP contribution in [-0.2, 0) is 11.0 Å². The number of hydrogen-bond acceptors (Lipinski definition) is 4. The summed E-state index contributed by atoms with van der Waals surface area (Å²) in [6.45, 7) is 1.14. The molecule has 2 fully saturated rings. The molecule has 3 unspecified atom stereocenters. The molecule has 4 nitrogen and oxygen atoms in total. The number of carbonyl (C=O) groups excluding carboxylic acids is 1. The Morgan fingerprint density at radius 1 is 1.26 bits per heavy atom. The minimum Gasteiger partial charge on any atom is -0.298 e. The average Bonchev–Trinajstić information content (AvgIpc) is 2.61. The van der Waals surface area contributed by atoms with Gasteiger partial charge in [-0.3, -0.25) is 9.69 Å². The number of alkyl halides is 3. The van der Waals surface area contributed by atoms with Gasteiger partial charge >= 0.3 is 6.18 Å². The summed E-state index contributed by atoms with van der Waals surface area (Å²) in [6.07, 6.45) is -1.43. The molecule has 102 valence electrons. The zero-order chi connectivity index (χ0) is 13.6. The summed E-state index contributed by atoms with van der Waals surface area (Å²) in [6, 6.07) is -0.111. The number of piperidine rings is 1. The molecule has 0 radical (unpaired) electrons. The van der Waals surface area contributed by atoms with Crippen molar-refractivity contribution in [3.63, 3.8) is 0 Å². The lowest BCUT2D eigenvalue weighted by Crippen LogP contribution is -2.37. The van der Waals surface area contributed by atoms with Crippen molar-refractivity contribution in [1.29, 1.82) is 0 Å². The third-order valence-electron chi connectivity index (χ3n) is 3.76. The monoisotopic (exact) mass is 271 g/mol. The number of nitrogens with zero attached hydrogens (tertiary/aromatic N) is 3. The number of halogens is 3. The summed E-state index contributed by atoms with van der Waals surface area (Å²) in [4.78, 5) is 21.1. The van der Waals surface area contributed by atoms with E-state index in [0.29, 0.717) is 18.8 Å². The predicted octanol–water partition coefficient (Wildman–Crippen LogP) is 1.83. The van der Waals surface area contributed by atoms with Gasteiger partial charge in [-0.25, -0.2) is 9.97 Å². The highest BCUT2D eigenvalue weighted by atomic mass is 19.4. The maximum atomic E-state index is 12.4. The Morgan fingerprint density at radius 2 is 1.95 bits per heavy atom. The Labute approximate surface area is 107 Å². The van der Waals surface area contributed by atoms with Gasteiger partial charge in [0.2, 0.25) is 0 Å². The lowest BCUT2D eigenvalue weighted by Gasteiger charge is -2.30. The van der Waals surface area contributed by atoms with Crippen molar-refractivity contribution in [3.05, 3.63) is 23.8 Å². The van der Waals surface area contributed by atoms with Crippen LogP contribution in [0.2, 0.25) is 0 Å². The Balaban J connectivity index is 1.86. The standard InChI is InChI=1S/C12H12F3N3O/c13-12(14,15)8-4-16-11(17-5-8)10-7-1-2-18(10)6-9(19)3-7/h4-5,7,10H,1-3,6H2. The van der Waals surface area contributed by atoms with E-state index in [0.717, 1.165) is 25.4 Å². The molecule has 3 heterocycles. The van der Waals surface area contributed by atoms with Gasteiger partial charge in [0.15, 0.2) is 0 Å². The van der Waals surface area contributed by atoms with Crippen molar-refractivity contribution >= 4 is 5.78 Å². The quantitative estimate of drug-likeness (QED) is 0.781. The summed E-state index contributed by atoms with van der Waals surface area (Å²) < 4.78 is 37.3. The molecule has 0 amide bonds. The number of Topliss-reactive ketones (excluding diaryl/α,β-unsaturated/α-hetero) is 1. The SMILES string of the molecule is O=C1CC2CCN(C1)C2c1ncc(C(F)(F)F)cn1. The fraction of sp³-hybridized carbons (Fsp3) is 0.583. The number of fused-ring (bicyclic) bond motifs is 2. The van der Waals surface area contributed by atoms with Crippen molar-refractivity contribution in [2.75, 3.05) is 13.1 Å². The molecular formula is C12H12F3N3O. The lowest BCUT2D eigenvalue weighted by molar-refractivity contribution is -0.138. The molecular weight excluding hydrogens is 259 g/mol. The number of aromatic nitrogens is 2. The van der Waals surface area contributed by atoms with E-state index in [1.54, 1.807) is 0 Å². The van der Waals surface area contributed by atoms with E-state index in [2.05, 4.69) is 9.97 Å². The summed E-state index contributed by atoms with van der Waals surface area (Å²) in [5.41, 5.74) is -0.842. The van der Waals surface area contributed by atoms with Gasteiger partial charge < -0.3 is 0 Å². The molecule has 2 bridgehead atoms. The largest absolute Gasteiger partial charge is 0.419 e. The molecule has 3 atom stereocenters. The third-order valence-corrected chi connectivity index (χ3v) is 3.76. The van der Waals surface area contributed by atoms with Crippen molar-refractivity contribution in [2.24, 2.45) is 5.92 Å². The van der Waals surface area contributed by atoms with Crippen molar-refractivity contribution < 1.29 is 18.0 Å². The molecule has 2 aliphatic rings. The second kappa shape index (κ2) is 4.26. The highest BCUT2D eigenvalue weighted by Gasteiger charge is 2.43. The normalized spacial score (nSPS) is 30.7. The third kappa shape index (κ3) is 2.22. The van der Waals surface area contributed by atoms with E-state index < -0.39 is 11.7 Å². The molecule has 19 heavy (non-hydrogen) atoms. The van der Waals surface area contributed by atoms with E-state index in [-0.39, 0.29) is 17.7 Å².